The molecule has 0 aliphatic carbocycles. The molecular weight excluding hydrogens is 364 g/mol. The zero-order valence-electron chi connectivity index (χ0n) is 12.4. The van der Waals surface area contributed by atoms with Gasteiger partial charge in [-0.3, -0.25) is 9.59 Å². The van der Waals surface area contributed by atoms with Gasteiger partial charge in [-0.05, 0) is 65.2 Å². The highest BCUT2D eigenvalue weighted by molar-refractivity contribution is 9.11. The predicted molar refractivity (Wildman–Crippen MR) is 92.1 cm³/mol. The Morgan fingerprint density at radius 1 is 1.09 bits per heavy atom. The van der Waals surface area contributed by atoms with Crippen LogP contribution < -0.4 is 10.6 Å². The molecule has 0 spiro atoms. The Balaban J connectivity index is 1.80. The SMILES string of the molecule is Cc1ccc(C(=O)NCC(=O)NCc2ccc(Br)s2)cc1C. The minimum Gasteiger partial charge on any atom is -0.350 e. The first-order valence-corrected chi connectivity index (χ1v) is 8.43. The standard InChI is InChI=1S/C16H17BrN2O2S/c1-10-3-4-12(7-11(10)2)16(21)19-9-15(20)18-8-13-5-6-14(17)22-13/h3-7H,8-9H2,1-2H3,(H,18,20)(H,19,21). The molecule has 6 heteroatoms. The number of amides is 2. The highest BCUT2D eigenvalue weighted by Crippen LogP contribution is 2.21. The molecule has 22 heavy (non-hydrogen) atoms. The number of benzene rings is 1. The second-order valence-corrected chi connectivity index (χ2v) is 7.51. The number of aryl methyl sites for hydroxylation is 2. The molecule has 0 saturated carbocycles. The summed E-state index contributed by atoms with van der Waals surface area (Å²) in [5, 5.41) is 5.41. The van der Waals surface area contributed by atoms with E-state index in [2.05, 4.69) is 26.6 Å². The van der Waals surface area contributed by atoms with E-state index in [1.807, 2.05) is 38.1 Å². The predicted octanol–water partition coefficient (Wildman–Crippen LogP) is 3.17. The normalized spacial score (nSPS) is 10.3. The van der Waals surface area contributed by atoms with Gasteiger partial charge in [-0.15, -0.1) is 11.3 Å². The van der Waals surface area contributed by atoms with E-state index in [1.165, 1.54) is 0 Å². The van der Waals surface area contributed by atoms with Crippen molar-refractivity contribution in [2.24, 2.45) is 0 Å². The van der Waals surface area contributed by atoms with Crippen LogP contribution in [0.1, 0.15) is 26.4 Å². The Hall–Kier alpha value is -1.66. The largest absolute Gasteiger partial charge is 0.350 e. The van der Waals surface area contributed by atoms with Crippen LogP contribution in [0.5, 0.6) is 0 Å². The van der Waals surface area contributed by atoms with Crippen molar-refractivity contribution in [3.8, 4) is 0 Å². The van der Waals surface area contributed by atoms with Gasteiger partial charge < -0.3 is 10.6 Å². The van der Waals surface area contributed by atoms with E-state index in [-0.39, 0.29) is 18.4 Å². The van der Waals surface area contributed by atoms with Crippen molar-refractivity contribution in [3.63, 3.8) is 0 Å². The summed E-state index contributed by atoms with van der Waals surface area (Å²) in [6.45, 7) is 4.39. The van der Waals surface area contributed by atoms with Crippen molar-refractivity contribution in [1.82, 2.24) is 10.6 Å². The molecule has 0 atom stereocenters. The second-order valence-electron chi connectivity index (χ2n) is 4.96. The summed E-state index contributed by atoms with van der Waals surface area (Å²) in [5.41, 5.74) is 2.76. The van der Waals surface area contributed by atoms with Crippen LogP contribution in [0, 0.1) is 13.8 Å². The van der Waals surface area contributed by atoms with E-state index >= 15 is 0 Å². The van der Waals surface area contributed by atoms with Crippen molar-refractivity contribution in [1.29, 1.82) is 0 Å². The molecule has 0 unspecified atom stereocenters. The molecule has 4 nitrogen and oxygen atoms in total. The van der Waals surface area contributed by atoms with Crippen molar-refractivity contribution in [2.45, 2.75) is 20.4 Å². The lowest BCUT2D eigenvalue weighted by Gasteiger charge is -2.07. The first-order valence-electron chi connectivity index (χ1n) is 6.82. The maximum absolute atomic E-state index is 12.0. The molecule has 1 heterocycles. The number of rotatable bonds is 5. The van der Waals surface area contributed by atoms with Gasteiger partial charge in [0.2, 0.25) is 5.91 Å². The summed E-state index contributed by atoms with van der Waals surface area (Å²) in [4.78, 5) is 24.8. The molecule has 0 aliphatic heterocycles. The van der Waals surface area contributed by atoms with Crippen molar-refractivity contribution < 1.29 is 9.59 Å². The van der Waals surface area contributed by atoms with Crippen LogP contribution >= 0.6 is 27.3 Å². The minimum atomic E-state index is -0.239. The number of nitrogens with one attached hydrogen (secondary N) is 2. The van der Waals surface area contributed by atoms with Crippen LogP contribution in [0.4, 0.5) is 0 Å². The lowest BCUT2D eigenvalue weighted by molar-refractivity contribution is -0.120. The Morgan fingerprint density at radius 2 is 1.86 bits per heavy atom. The van der Waals surface area contributed by atoms with Crippen molar-refractivity contribution >= 4 is 39.1 Å². The fourth-order valence-electron chi connectivity index (χ4n) is 1.84. The van der Waals surface area contributed by atoms with Crippen LogP contribution in [0.2, 0.25) is 0 Å². The van der Waals surface area contributed by atoms with Crippen LogP contribution in [0.3, 0.4) is 0 Å². The second kappa shape index (κ2) is 7.56. The molecule has 0 fully saturated rings. The third kappa shape index (κ3) is 4.68. The fraction of sp³-hybridized carbons (Fsp3) is 0.250. The van der Waals surface area contributed by atoms with Gasteiger partial charge in [0.25, 0.3) is 5.91 Å². The average molecular weight is 381 g/mol. The molecular formula is C16H17BrN2O2S. The number of halogens is 1. The van der Waals surface area contributed by atoms with E-state index < -0.39 is 0 Å². The number of hydrogen-bond donors (Lipinski definition) is 2. The molecule has 0 radical (unpaired) electrons. The molecule has 0 bridgehead atoms. The summed E-state index contributed by atoms with van der Waals surface area (Å²) in [6.07, 6.45) is 0. The molecule has 2 rings (SSSR count). The van der Waals surface area contributed by atoms with Crippen molar-refractivity contribution in [2.75, 3.05) is 6.54 Å². The first kappa shape index (κ1) is 16.7. The van der Waals surface area contributed by atoms with Crippen LogP contribution in [0.25, 0.3) is 0 Å². The van der Waals surface area contributed by atoms with E-state index in [9.17, 15) is 9.59 Å². The lowest BCUT2D eigenvalue weighted by Crippen LogP contribution is -2.36. The lowest BCUT2D eigenvalue weighted by atomic mass is 10.1. The highest BCUT2D eigenvalue weighted by Gasteiger charge is 2.09. The highest BCUT2D eigenvalue weighted by atomic mass is 79.9. The first-order chi connectivity index (χ1) is 10.5. The van der Waals surface area contributed by atoms with Crippen molar-refractivity contribution in [3.05, 3.63) is 55.7 Å². The Labute approximate surface area is 142 Å². The summed E-state index contributed by atoms with van der Waals surface area (Å²) in [6, 6.07) is 9.37. The molecule has 2 aromatic rings. The molecule has 2 N–H and O–H groups in total. The van der Waals surface area contributed by atoms with Crippen LogP contribution in [-0.4, -0.2) is 18.4 Å². The molecule has 1 aromatic heterocycles. The van der Waals surface area contributed by atoms with Gasteiger partial charge in [0.05, 0.1) is 16.9 Å². The number of carbonyl (C=O) groups is 2. The maximum Gasteiger partial charge on any atom is 0.251 e. The Bertz CT molecular complexity index is 697. The van der Waals surface area contributed by atoms with E-state index in [4.69, 9.17) is 0 Å². The van der Waals surface area contributed by atoms with Crippen LogP contribution in [-0.2, 0) is 11.3 Å². The Kier molecular flexibility index (Phi) is 5.74. The summed E-state index contributed by atoms with van der Waals surface area (Å²) in [5.74, 6) is -0.446. The molecule has 1 aromatic carbocycles. The van der Waals surface area contributed by atoms with Gasteiger partial charge in [-0.2, -0.15) is 0 Å². The minimum absolute atomic E-state index is 0.0295. The monoisotopic (exact) mass is 380 g/mol. The van der Waals surface area contributed by atoms with Gasteiger partial charge in [0, 0.05) is 10.4 Å². The molecule has 0 aliphatic rings. The Morgan fingerprint density at radius 3 is 2.50 bits per heavy atom. The molecule has 2 amide bonds. The number of hydrogen-bond acceptors (Lipinski definition) is 3. The summed E-state index contributed by atoms with van der Waals surface area (Å²) >= 11 is 4.94. The molecule has 116 valence electrons. The number of thiophene rings is 1. The van der Waals surface area contributed by atoms with Crippen LogP contribution in [0.15, 0.2) is 34.1 Å². The number of carbonyl (C=O) groups excluding carboxylic acids is 2. The smallest absolute Gasteiger partial charge is 0.251 e. The van der Waals surface area contributed by atoms with E-state index in [0.717, 1.165) is 19.8 Å². The fourth-order valence-corrected chi connectivity index (χ4v) is 3.26. The van der Waals surface area contributed by atoms with Gasteiger partial charge in [0.1, 0.15) is 0 Å². The third-order valence-corrected chi connectivity index (χ3v) is 4.89. The van der Waals surface area contributed by atoms with Gasteiger partial charge in [-0.25, -0.2) is 0 Å². The molecule has 0 saturated heterocycles. The third-order valence-electron chi connectivity index (χ3n) is 3.27. The summed E-state index contributed by atoms with van der Waals surface area (Å²) < 4.78 is 1.03. The van der Waals surface area contributed by atoms with Gasteiger partial charge in [0.15, 0.2) is 0 Å². The zero-order valence-corrected chi connectivity index (χ0v) is 14.8. The quantitative estimate of drug-likeness (QED) is 0.836. The topological polar surface area (TPSA) is 58.2 Å². The van der Waals surface area contributed by atoms with E-state index in [0.29, 0.717) is 12.1 Å². The zero-order chi connectivity index (χ0) is 16.1. The summed E-state index contributed by atoms with van der Waals surface area (Å²) in [7, 11) is 0. The van der Waals surface area contributed by atoms with Gasteiger partial charge in [-0.1, -0.05) is 6.07 Å². The maximum atomic E-state index is 12.0. The average Bonchev–Trinajstić information content (AvgIpc) is 2.91. The van der Waals surface area contributed by atoms with Gasteiger partial charge >= 0.3 is 0 Å². The van der Waals surface area contributed by atoms with E-state index in [1.54, 1.807) is 17.4 Å².